The van der Waals surface area contributed by atoms with Crippen LogP contribution in [0.1, 0.15) is 35.6 Å². The summed E-state index contributed by atoms with van der Waals surface area (Å²) in [4.78, 5) is 14.2. The van der Waals surface area contributed by atoms with Gasteiger partial charge < -0.3 is 18.6 Å². The fourth-order valence-electron chi connectivity index (χ4n) is 3.26. The fourth-order valence-corrected chi connectivity index (χ4v) is 3.26. The molecule has 1 amide bonds. The van der Waals surface area contributed by atoms with Crippen molar-refractivity contribution in [3.63, 3.8) is 0 Å². The number of rotatable bonds is 4. The summed E-state index contributed by atoms with van der Waals surface area (Å²) in [6, 6.07) is 7.34. The number of hydrogen-bond acceptors (Lipinski definition) is 5. The summed E-state index contributed by atoms with van der Waals surface area (Å²) in [5.74, 6) is 2.81. The Labute approximate surface area is 147 Å². The van der Waals surface area contributed by atoms with Gasteiger partial charge in [0.05, 0.1) is 20.8 Å². The first-order valence-corrected chi connectivity index (χ1v) is 8.33. The van der Waals surface area contributed by atoms with Gasteiger partial charge in [-0.1, -0.05) is 0 Å². The second-order valence-electron chi connectivity index (χ2n) is 5.90. The standard InChI is InChI=1S/C19H23NO5/c1-5-24-19(21)20-9-8-13-10-16(22-3)17(23-4)11-14(13)18(20)15-7-6-12(2)25-15/h6-7,10-11,18H,5,8-9H2,1-4H3. The molecule has 1 unspecified atom stereocenters. The summed E-state index contributed by atoms with van der Waals surface area (Å²) >= 11 is 0. The maximum atomic E-state index is 12.5. The van der Waals surface area contributed by atoms with E-state index in [0.717, 1.165) is 16.9 Å². The number of fused-ring (bicyclic) bond motifs is 1. The summed E-state index contributed by atoms with van der Waals surface area (Å²) < 4.78 is 21.9. The summed E-state index contributed by atoms with van der Waals surface area (Å²) in [7, 11) is 3.22. The third-order valence-corrected chi connectivity index (χ3v) is 4.41. The molecule has 2 heterocycles. The van der Waals surface area contributed by atoms with Crippen LogP contribution in [0.4, 0.5) is 4.79 Å². The van der Waals surface area contributed by atoms with Crippen molar-refractivity contribution in [3.8, 4) is 11.5 Å². The molecule has 1 aliphatic rings. The molecule has 0 saturated heterocycles. The lowest BCUT2D eigenvalue weighted by Gasteiger charge is -2.35. The van der Waals surface area contributed by atoms with E-state index in [1.165, 1.54) is 0 Å². The van der Waals surface area contributed by atoms with Crippen LogP contribution in [0.25, 0.3) is 0 Å². The largest absolute Gasteiger partial charge is 0.493 e. The third-order valence-electron chi connectivity index (χ3n) is 4.41. The van der Waals surface area contributed by atoms with E-state index in [4.69, 9.17) is 18.6 Å². The minimum Gasteiger partial charge on any atom is -0.493 e. The number of benzene rings is 1. The molecule has 0 aliphatic carbocycles. The van der Waals surface area contributed by atoms with Crippen LogP contribution in [0.2, 0.25) is 0 Å². The molecule has 1 atom stereocenters. The molecule has 1 aliphatic heterocycles. The molecule has 0 saturated carbocycles. The number of aryl methyl sites for hydroxylation is 1. The summed E-state index contributed by atoms with van der Waals surface area (Å²) in [5, 5.41) is 0. The lowest BCUT2D eigenvalue weighted by Crippen LogP contribution is -2.40. The predicted molar refractivity (Wildman–Crippen MR) is 92.3 cm³/mol. The molecule has 25 heavy (non-hydrogen) atoms. The van der Waals surface area contributed by atoms with Gasteiger partial charge in [-0.3, -0.25) is 4.90 Å². The Bertz CT molecular complexity index is 767. The SMILES string of the molecule is CCOC(=O)N1CCc2cc(OC)c(OC)cc2C1c1ccc(C)o1. The number of carbonyl (C=O) groups is 1. The first kappa shape index (κ1) is 17.2. The molecule has 2 aromatic rings. The number of furan rings is 1. The minimum atomic E-state index is -0.351. The lowest BCUT2D eigenvalue weighted by atomic mass is 9.90. The smallest absolute Gasteiger partial charge is 0.410 e. The van der Waals surface area contributed by atoms with Gasteiger partial charge in [-0.2, -0.15) is 0 Å². The molecule has 6 nitrogen and oxygen atoms in total. The highest BCUT2D eigenvalue weighted by molar-refractivity contribution is 5.70. The van der Waals surface area contributed by atoms with Gasteiger partial charge in [0, 0.05) is 6.54 Å². The maximum Gasteiger partial charge on any atom is 0.410 e. The van der Waals surface area contributed by atoms with Gasteiger partial charge in [-0.25, -0.2) is 4.79 Å². The number of hydrogen-bond donors (Lipinski definition) is 0. The van der Waals surface area contributed by atoms with Crippen LogP contribution >= 0.6 is 0 Å². The second kappa shape index (κ2) is 7.09. The molecule has 3 rings (SSSR count). The van der Waals surface area contributed by atoms with Crippen LogP contribution in [0, 0.1) is 6.92 Å². The fraction of sp³-hybridized carbons (Fsp3) is 0.421. The second-order valence-corrected chi connectivity index (χ2v) is 5.90. The van der Waals surface area contributed by atoms with Gasteiger partial charge >= 0.3 is 6.09 Å². The molecule has 134 valence electrons. The van der Waals surface area contributed by atoms with Crippen LogP contribution in [-0.4, -0.2) is 38.4 Å². The van der Waals surface area contributed by atoms with Crippen molar-refractivity contribution in [2.45, 2.75) is 26.3 Å². The Morgan fingerprint density at radius 1 is 1.24 bits per heavy atom. The third kappa shape index (κ3) is 3.16. The lowest BCUT2D eigenvalue weighted by molar-refractivity contribution is 0.0893. The molecule has 0 radical (unpaired) electrons. The van der Waals surface area contributed by atoms with E-state index in [0.29, 0.717) is 36.8 Å². The Hall–Kier alpha value is -2.63. The number of carbonyl (C=O) groups excluding carboxylic acids is 1. The van der Waals surface area contributed by atoms with E-state index in [2.05, 4.69) is 0 Å². The van der Waals surface area contributed by atoms with Crippen molar-refractivity contribution >= 4 is 6.09 Å². The molecule has 0 spiro atoms. The molecule has 1 aromatic heterocycles. The van der Waals surface area contributed by atoms with E-state index in [1.807, 2.05) is 31.2 Å². The van der Waals surface area contributed by atoms with Crippen molar-refractivity contribution in [1.82, 2.24) is 4.90 Å². The number of ether oxygens (including phenoxy) is 3. The Kier molecular flexibility index (Phi) is 4.88. The molecule has 0 bridgehead atoms. The molecule has 6 heteroatoms. The van der Waals surface area contributed by atoms with Gasteiger partial charge in [0.25, 0.3) is 0 Å². The summed E-state index contributed by atoms with van der Waals surface area (Å²) in [6.07, 6.45) is 0.368. The summed E-state index contributed by atoms with van der Waals surface area (Å²) in [5.41, 5.74) is 2.07. The van der Waals surface area contributed by atoms with Crippen LogP contribution in [0.15, 0.2) is 28.7 Å². The van der Waals surface area contributed by atoms with Crippen LogP contribution in [0.5, 0.6) is 11.5 Å². The highest BCUT2D eigenvalue weighted by Crippen LogP contribution is 2.41. The first-order chi connectivity index (χ1) is 12.1. The van der Waals surface area contributed by atoms with E-state index in [-0.39, 0.29) is 12.1 Å². The van der Waals surface area contributed by atoms with E-state index >= 15 is 0 Å². The Balaban J connectivity index is 2.12. The van der Waals surface area contributed by atoms with Crippen molar-refractivity contribution < 1.29 is 23.4 Å². The number of nitrogens with zero attached hydrogens (tertiary/aromatic N) is 1. The zero-order valence-corrected chi connectivity index (χ0v) is 15.0. The quantitative estimate of drug-likeness (QED) is 0.845. The molecule has 1 aromatic carbocycles. The van der Waals surface area contributed by atoms with Gasteiger partial charge in [-0.15, -0.1) is 0 Å². The number of amides is 1. The van der Waals surface area contributed by atoms with E-state index < -0.39 is 0 Å². The van der Waals surface area contributed by atoms with Crippen LogP contribution in [-0.2, 0) is 11.2 Å². The number of methoxy groups -OCH3 is 2. The minimum absolute atomic E-state index is 0.331. The van der Waals surface area contributed by atoms with Crippen LogP contribution in [0.3, 0.4) is 0 Å². The van der Waals surface area contributed by atoms with Crippen molar-refractivity contribution in [3.05, 3.63) is 46.9 Å². The molecule has 0 fully saturated rings. The molecular weight excluding hydrogens is 322 g/mol. The highest BCUT2D eigenvalue weighted by atomic mass is 16.6. The first-order valence-electron chi connectivity index (χ1n) is 8.33. The highest BCUT2D eigenvalue weighted by Gasteiger charge is 2.36. The molecular formula is C19H23NO5. The van der Waals surface area contributed by atoms with E-state index in [9.17, 15) is 4.79 Å². The van der Waals surface area contributed by atoms with Gasteiger partial charge in [-0.05, 0) is 55.7 Å². The maximum absolute atomic E-state index is 12.5. The average Bonchev–Trinajstić information content (AvgIpc) is 3.05. The Morgan fingerprint density at radius 2 is 1.96 bits per heavy atom. The van der Waals surface area contributed by atoms with Crippen LogP contribution < -0.4 is 9.47 Å². The van der Waals surface area contributed by atoms with Gasteiger partial charge in [0.1, 0.15) is 17.6 Å². The van der Waals surface area contributed by atoms with Gasteiger partial charge in [0.2, 0.25) is 0 Å². The van der Waals surface area contributed by atoms with Crippen molar-refractivity contribution in [1.29, 1.82) is 0 Å². The zero-order chi connectivity index (χ0) is 18.0. The summed E-state index contributed by atoms with van der Waals surface area (Å²) in [6.45, 7) is 4.57. The zero-order valence-electron chi connectivity index (χ0n) is 15.0. The van der Waals surface area contributed by atoms with Crippen molar-refractivity contribution in [2.24, 2.45) is 0 Å². The normalized spacial score (nSPS) is 16.3. The van der Waals surface area contributed by atoms with Gasteiger partial charge in [0.15, 0.2) is 11.5 Å². The molecule has 0 N–H and O–H groups in total. The predicted octanol–water partition coefficient (Wildman–Crippen LogP) is 3.71. The topological polar surface area (TPSA) is 61.1 Å². The average molecular weight is 345 g/mol. The monoisotopic (exact) mass is 345 g/mol. The van der Waals surface area contributed by atoms with E-state index in [1.54, 1.807) is 26.0 Å². The Morgan fingerprint density at radius 3 is 2.56 bits per heavy atom. The van der Waals surface area contributed by atoms with Crippen molar-refractivity contribution in [2.75, 3.05) is 27.4 Å².